The molecule has 0 spiro atoms. The van der Waals surface area contributed by atoms with Crippen LogP contribution in [0.5, 0.6) is 11.5 Å². The molecular formula is C11H15NO4S. The summed E-state index contributed by atoms with van der Waals surface area (Å²) in [5, 5.41) is 0. The molecule has 1 heterocycles. The molecule has 0 amide bonds. The van der Waals surface area contributed by atoms with Crippen LogP contribution in [0.2, 0.25) is 0 Å². The Hall–Kier alpha value is -1.27. The quantitative estimate of drug-likeness (QED) is 0.859. The van der Waals surface area contributed by atoms with E-state index in [1.165, 1.54) is 12.3 Å². The molecule has 1 aliphatic rings. The molecule has 5 nitrogen and oxygen atoms in total. The Bertz CT molecular complexity index is 525. The summed E-state index contributed by atoms with van der Waals surface area (Å²) in [5.74, 6) is 1.09. The molecular weight excluding hydrogens is 242 g/mol. The summed E-state index contributed by atoms with van der Waals surface area (Å²) in [6.45, 7) is 0.663. The Balaban J connectivity index is 2.47. The molecule has 0 saturated heterocycles. The Kier molecular flexibility index (Phi) is 3.26. The lowest BCUT2D eigenvalue weighted by atomic mass is 10.1. The molecule has 0 radical (unpaired) electrons. The van der Waals surface area contributed by atoms with Crippen LogP contribution in [0.4, 0.5) is 0 Å². The predicted octanol–water partition coefficient (Wildman–Crippen LogP) is 0.710. The number of aryl methyl sites for hydroxylation is 1. The number of nitrogens with two attached hydrogens (primary N) is 1. The number of hydrogen-bond acceptors (Lipinski definition) is 5. The van der Waals surface area contributed by atoms with Crippen LogP contribution in [-0.4, -0.2) is 28.0 Å². The molecule has 1 aromatic carbocycles. The van der Waals surface area contributed by atoms with Crippen molar-refractivity contribution in [3.8, 4) is 11.5 Å². The molecule has 2 N–H and O–H groups in total. The van der Waals surface area contributed by atoms with Crippen LogP contribution in [0, 0.1) is 0 Å². The van der Waals surface area contributed by atoms with Gasteiger partial charge in [-0.05, 0) is 31.0 Å². The van der Waals surface area contributed by atoms with E-state index in [2.05, 4.69) is 0 Å². The summed E-state index contributed by atoms with van der Waals surface area (Å²) in [5.41, 5.74) is 6.18. The largest absolute Gasteiger partial charge is 0.454 e. The Labute approximate surface area is 100 Å². The molecule has 0 atom stereocenters. The van der Waals surface area contributed by atoms with Gasteiger partial charge in [0.1, 0.15) is 0 Å². The highest BCUT2D eigenvalue weighted by atomic mass is 32.2. The van der Waals surface area contributed by atoms with Gasteiger partial charge in [-0.1, -0.05) is 0 Å². The monoisotopic (exact) mass is 257 g/mol. The smallest absolute Gasteiger partial charge is 0.231 e. The fourth-order valence-electron chi connectivity index (χ4n) is 1.80. The normalized spacial score (nSPS) is 14.0. The van der Waals surface area contributed by atoms with Crippen LogP contribution in [0.25, 0.3) is 0 Å². The van der Waals surface area contributed by atoms with Gasteiger partial charge >= 0.3 is 0 Å². The van der Waals surface area contributed by atoms with Crippen molar-refractivity contribution in [2.75, 3.05) is 19.6 Å². The summed E-state index contributed by atoms with van der Waals surface area (Å²) in [6, 6.07) is 3.26. The molecule has 0 aliphatic carbocycles. The molecule has 6 heteroatoms. The highest BCUT2D eigenvalue weighted by molar-refractivity contribution is 7.90. The van der Waals surface area contributed by atoms with Crippen LogP contribution < -0.4 is 15.2 Å². The minimum Gasteiger partial charge on any atom is -0.454 e. The third-order valence-corrected chi connectivity index (χ3v) is 3.78. The molecule has 2 rings (SSSR count). The van der Waals surface area contributed by atoms with Crippen molar-refractivity contribution < 1.29 is 17.9 Å². The van der Waals surface area contributed by atoms with Gasteiger partial charge in [-0.2, -0.15) is 0 Å². The minimum atomic E-state index is -3.26. The summed E-state index contributed by atoms with van der Waals surface area (Å²) >= 11 is 0. The topological polar surface area (TPSA) is 78.6 Å². The Morgan fingerprint density at radius 2 is 1.94 bits per heavy atom. The van der Waals surface area contributed by atoms with E-state index in [-0.39, 0.29) is 6.79 Å². The zero-order valence-corrected chi connectivity index (χ0v) is 10.4. The molecule has 0 fully saturated rings. The number of benzene rings is 1. The van der Waals surface area contributed by atoms with Gasteiger partial charge in [0, 0.05) is 12.3 Å². The first-order valence-electron chi connectivity index (χ1n) is 5.35. The van der Waals surface area contributed by atoms with Crippen molar-refractivity contribution >= 4 is 9.84 Å². The van der Waals surface area contributed by atoms with E-state index in [0.717, 1.165) is 12.0 Å². The molecule has 0 bridgehead atoms. The van der Waals surface area contributed by atoms with E-state index in [0.29, 0.717) is 29.4 Å². The second kappa shape index (κ2) is 4.54. The van der Waals surface area contributed by atoms with Gasteiger partial charge in [0.05, 0.1) is 4.90 Å². The van der Waals surface area contributed by atoms with E-state index in [1.807, 2.05) is 0 Å². The maximum Gasteiger partial charge on any atom is 0.231 e. The molecule has 0 aromatic heterocycles. The van der Waals surface area contributed by atoms with Crippen molar-refractivity contribution in [3.05, 3.63) is 17.7 Å². The second-order valence-corrected chi connectivity index (χ2v) is 5.96. The molecule has 1 aromatic rings. The van der Waals surface area contributed by atoms with Crippen LogP contribution in [0.1, 0.15) is 12.0 Å². The van der Waals surface area contributed by atoms with E-state index in [1.54, 1.807) is 6.07 Å². The second-order valence-electron chi connectivity index (χ2n) is 3.98. The fraction of sp³-hybridized carbons (Fsp3) is 0.455. The molecule has 1 aliphatic heterocycles. The average Bonchev–Trinajstić information content (AvgIpc) is 2.70. The number of hydrogen-bond donors (Lipinski definition) is 1. The maximum absolute atomic E-state index is 11.7. The summed E-state index contributed by atoms with van der Waals surface area (Å²) in [7, 11) is -3.26. The van der Waals surface area contributed by atoms with Crippen molar-refractivity contribution in [3.63, 3.8) is 0 Å². The molecule has 94 valence electrons. The Morgan fingerprint density at radius 1 is 1.29 bits per heavy atom. The lowest BCUT2D eigenvalue weighted by Crippen LogP contribution is -2.06. The third-order valence-electron chi connectivity index (χ3n) is 2.61. The number of ether oxygens (including phenoxy) is 2. The van der Waals surface area contributed by atoms with Crippen molar-refractivity contribution in [1.29, 1.82) is 0 Å². The van der Waals surface area contributed by atoms with Gasteiger partial charge in [-0.25, -0.2) is 8.42 Å². The first kappa shape index (κ1) is 12.2. The van der Waals surface area contributed by atoms with Crippen LogP contribution in [0.15, 0.2) is 17.0 Å². The average molecular weight is 257 g/mol. The molecule has 0 saturated carbocycles. The van der Waals surface area contributed by atoms with E-state index >= 15 is 0 Å². The highest BCUT2D eigenvalue weighted by Gasteiger charge is 2.21. The van der Waals surface area contributed by atoms with Crippen LogP contribution >= 0.6 is 0 Å². The van der Waals surface area contributed by atoms with Gasteiger partial charge in [-0.15, -0.1) is 0 Å². The van der Waals surface area contributed by atoms with Gasteiger partial charge < -0.3 is 15.2 Å². The van der Waals surface area contributed by atoms with E-state index < -0.39 is 9.84 Å². The van der Waals surface area contributed by atoms with Gasteiger partial charge in [0.15, 0.2) is 21.3 Å². The van der Waals surface area contributed by atoms with Gasteiger partial charge in [0.2, 0.25) is 6.79 Å². The Morgan fingerprint density at radius 3 is 2.53 bits per heavy atom. The molecule has 0 unspecified atom stereocenters. The minimum absolute atomic E-state index is 0.138. The highest BCUT2D eigenvalue weighted by Crippen LogP contribution is 2.36. The van der Waals surface area contributed by atoms with E-state index in [9.17, 15) is 8.42 Å². The van der Waals surface area contributed by atoms with Gasteiger partial charge in [0.25, 0.3) is 0 Å². The number of sulfone groups is 1. The standard InChI is InChI=1S/C11H15NO4S/c1-17(13,14)11-6-10-9(15-7-16-10)5-8(11)3-2-4-12/h5-6H,2-4,7,12H2,1H3. The van der Waals surface area contributed by atoms with E-state index in [4.69, 9.17) is 15.2 Å². The first-order chi connectivity index (χ1) is 8.02. The third kappa shape index (κ3) is 2.53. The van der Waals surface area contributed by atoms with Crippen molar-refractivity contribution in [1.82, 2.24) is 0 Å². The first-order valence-corrected chi connectivity index (χ1v) is 7.24. The van der Waals surface area contributed by atoms with Gasteiger partial charge in [-0.3, -0.25) is 0 Å². The summed E-state index contributed by atoms with van der Waals surface area (Å²) in [4.78, 5) is 0.301. The van der Waals surface area contributed by atoms with Crippen LogP contribution in [0.3, 0.4) is 0 Å². The summed E-state index contributed by atoms with van der Waals surface area (Å²) in [6.07, 6.45) is 2.55. The summed E-state index contributed by atoms with van der Waals surface area (Å²) < 4.78 is 33.8. The lowest BCUT2D eigenvalue weighted by Gasteiger charge is -2.09. The predicted molar refractivity (Wildman–Crippen MR) is 63.1 cm³/mol. The zero-order valence-electron chi connectivity index (χ0n) is 9.60. The van der Waals surface area contributed by atoms with Crippen molar-refractivity contribution in [2.24, 2.45) is 5.73 Å². The lowest BCUT2D eigenvalue weighted by molar-refractivity contribution is 0.174. The van der Waals surface area contributed by atoms with Crippen LogP contribution in [-0.2, 0) is 16.3 Å². The fourth-order valence-corrected chi connectivity index (χ4v) is 2.76. The molecule has 17 heavy (non-hydrogen) atoms. The van der Waals surface area contributed by atoms with Crippen molar-refractivity contribution in [2.45, 2.75) is 17.7 Å². The number of fused-ring (bicyclic) bond motifs is 1. The maximum atomic E-state index is 11.7. The SMILES string of the molecule is CS(=O)(=O)c1cc2c(cc1CCCN)OCO2. The zero-order chi connectivity index (χ0) is 12.5. The number of rotatable bonds is 4.